The van der Waals surface area contributed by atoms with Crippen molar-refractivity contribution in [3.63, 3.8) is 0 Å². The second kappa shape index (κ2) is 5.05. The summed E-state index contributed by atoms with van der Waals surface area (Å²) in [6.45, 7) is 6.47. The molecule has 0 aliphatic heterocycles. The van der Waals surface area contributed by atoms with Crippen LogP contribution in [0.1, 0.15) is 36.1 Å². The van der Waals surface area contributed by atoms with Crippen molar-refractivity contribution < 1.29 is 4.42 Å². The third-order valence-electron chi connectivity index (χ3n) is 3.36. The zero-order valence-electron chi connectivity index (χ0n) is 11.8. The maximum Gasteiger partial charge on any atom is 0.208 e. The summed E-state index contributed by atoms with van der Waals surface area (Å²) >= 11 is 0. The van der Waals surface area contributed by atoms with E-state index in [2.05, 4.69) is 20.5 Å². The third-order valence-corrected chi connectivity index (χ3v) is 3.36. The Bertz CT molecular complexity index is 711. The predicted octanol–water partition coefficient (Wildman–Crippen LogP) is 2.18. The predicted molar refractivity (Wildman–Crippen MR) is 74.2 cm³/mol. The van der Waals surface area contributed by atoms with E-state index in [-0.39, 0.29) is 6.04 Å². The van der Waals surface area contributed by atoms with E-state index in [1.807, 2.05) is 49.6 Å². The van der Waals surface area contributed by atoms with Gasteiger partial charge < -0.3 is 4.42 Å². The topological polar surface area (TPSA) is 68.2 Å². The van der Waals surface area contributed by atoms with E-state index in [1.54, 1.807) is 0 Å². The average molecular weight is 271 g/mol. The van der Waals surface area contributed by atoms with Gasteiger partial charge in [0.25, 0.3) is 0 Å². The van der Waals surface area contributed by atoms with Crippen LogP contribution in [0, 0.1) is 13.8 Å². The van der Waals surface area contributed by atoms with Gasteiger partial charge in [-0.15, -0.1) is 10.2 Å². The van der Waals surface area contributed by atoms with E-state index in [0.717, 1.165) is 22.9 Å². The lowest BCUT2D eigenvalue weighted by Crippen LogP contribution is -2.20. The Morgan fingerprint density at radius 3 is 2.90 bits per heavy atom. The first-order valence-electron chi connectivity index (χ1n) is 6.61. The second-order valence-corrected chi connectivity index (χ2v) is 4.84. The number of rotatable bonds is 4. The van der Waals surface area contributed by atoms with Crippen LogP contribution >= 0.6 is 0 Å². The highest BCUT2D eigenvalue weighted by molar-refractivity contribution is 5.37. The Labute approximate surface area is 116 Å². The molecule has 3 aromatic heterocycles. The largest absolute Gasteiger partial charge is 0.444 e. The van der Waals surface area contributed by atoms with E-state index in [9.17, 15) is 0 Å². The lowest BCUT2D eigenvalue weighted by atomic mass is 10.3. The molecule has 20 heavy (non-hydrogen) atoms. The molecule has 0 aliphatic rings. The number of nitrogens with zero attached hydrogens (tertiary/aromatic N) is 4. The summed E-state index contributed by atoms with van der Waals surface area (Å²) in [6, 6.07) is 5.90. The molecule has 1 N–H and O–H groups in total. The first kappa shape index (κ1) is 12.8. The van der Waals surface area contributed by atoms with Crippen molar-refractivity contribution in [1.82, 2.24) is 24.9 Å². The van der Waals surface area contributed by atoms with Gasteiger partial charge >= 0.3 is 0 Å². The molecular weight excluding hydrogens is 254 g/mol. The highest BCUT2D eigenvalue weighted by Gasteiger charge is 2.14. The van der Waals surface area contributed by atoms with Crippen LogP contribution in [0.25, 0.3) is 5.65 Å². The Kier molecular flexibility index (Phi) is 3.23. The summed E-state index contributed by atoms with van der Waals surface area (Å²) in [5, 5.41) is 11.7. The molecule has 0 aromatic carbocycles. The summed E-state index contributed by atoms with van der Waals surface area (Å²) in [7, 11) is 0. The third kappa shape index (κ3) is 2.30. The molecule has 0 aliphatic carbocycles. The van der Waals surface area contributed by atoms with Crippen LogP contribution in [-0.2, 0) is 6.54 Å². The van der Waals surface area contributed by atoms with Gasteiger partial charge in [0.15, 0.2) is 11.5 Å². The molecule has 0 spiro atoms. The second-order valence-electron chi connectivity index (χ2n) is 4.84. The molecule has 0 saturated heterocycles. The van der Waals surface area contributed by atoms with Gasteiger partial charge in [-0.25, -0.2) is 4.98 Å². The normalized spacial score (nSPS) is 12.9. The highest BCUT2D eigenvalue weighted by atomic mass is 16.4. The molecule has 0 fully saturated rings. The summed E-state index contributed by atoms with van der Waals surface area (Å²) in [6.07, 6.45) is 1.96. The average Bonchev–Trinajstić information content (AvgIpc) is 3.00. The van der Waals surface area contributed by atoms with Crippen molar-refractivity contribution in [2.24, 2.45) is 0 Å². The van der Waals surface area contributed by atoms with Crippen molar-refractivity contribution in [2.75, 3.05) is 0 Å². The molecule has 3 rings (SSSR count). The molecule has 0 unspecified atom stereocenters. The monoisotopic (exact) mass is 271 g/mol. The van der Waals surface area contributed by atoms with E-state index >= 15 is 0 Å². The minimum absolute atomic E-state index is 0.0555. The van der Waals surface area contributed by atoms with Crippen molar-refractivity contribution in [1.29, 1.82) is 0 Å². The van der Waals surface area contributed by atoms with Gasteiger partial charge in [0.05, 0.1) is 18.3 Å². The highest BCUT2D eigenvalue weighted by Crippen LogP contribution is 2.13. The van der Waals surface area contributed by atoms with Gasteiger partial charge in [0.2, 0.25) is 5.89 Å². The lowest BCUT2D eigenvalue weighted by Gasteiger charge is -2.10. The summed E-state index contributed by atoms with van der Waals surface area (Å²) < 4.78 is 7.53. The van der Waals surface area contributed by atoms with E-state index in [4.69, 9.17) is 4.42 Å². The van der Waals surface area contributed by atoms with Crippen molar-refractivity contribution in [3.8, 4) is 0 Å². The van der Waals surface area contributed by atoms with Crippen LogP contribution in [0.3, 0.4) is 0 Å². The zero-order chi connectivity index (χ0) is 14.1. The molecule has 0 amide bonds. The molecule has 6 nitrogen and oxygen atoms in total. The smallest absolute Gasteiger partial charge is 0.208 e. The number of oxazole rings is 1. The van der Waals surface area contributed by atoms with E-state index in [1.165, 1.54) is 0 Å². The fraction of sp³-hybridized carbons (Fsp3) is 0.357. The number of pyridine rings is 1. The maximum atomic E-state index is 5.55. The number of hydrogen-bond acceptors (Lipinski definition) is 5. The Morgan fingerprint density at radius 2 is 2.15 bits per heavy atom. The van der Waals surface area contributed by atoms with Gasteiger partial charge in [0, 0.05) is 6.20 Å². The molecule has 0 saturated carbocycles. The Morgan fingerprint density at radius 1 is 1.30 bits per heavy atom. The number of aryl methyl sites for hydroxylation is 2. The van der Waals surface area contributed by atoms with Crippen molar-refractivity contribution in [3.05, 3.63) is 47.6 Å². The molecule has 1 atom stereocenters. The van der Waals surface area contributed by atoms with Crippen molar-refractivity contribution >= 4 is 5.65 Å². The molecular formula is C14H17N5O. The van der Waals surface area contributed by atoms with Crippen LogP contribution in [0.4, 0.5) is 0 Å². The fourth-order valence-corrected chi connectivity index (χ4v) is 2.10. The Balaban J connectivity index is 1.74. The minimum atomic E-state index is 0.0555. The minimum Gasteiger partial charge on any atom is -0.444 e. The molecule has 0 bridgehead atoms. The summed E-state index contributed by atoms with van der Waals surface area (Å²) in [5.74, 6) is 2.43. The number of hydrogen-bond donors (Lipinski definition) is 1. The first-order chi connectivity index (χ1) is 9.65. The van der Waals surface area contributed by atoms with Gasteiger partial charge in [0.1, 0.15) is 5.76 Å². The van der Waals surface area contributed by atoms with Crippen LogP contribution in [-0.4, -0.2) is 19.6 Å². The van der Waals surface area contributed by atoms with Gasteiger partial charge in [-0.2, -0.15) is 0 Å². The zero-order valence-corrected chi connectivity index (χ0v) is 11.8. The van der Waals surface area contributed by atoms with Crippen LogP contribution in [0.5, 0.6) is 0 Å². The molecule has 104 valence electrons. The lowest BCUT2D eigenvalue weighted by molar-refractivity contribution is 0.426. The van der Waals surface area contributed by atoms with Crippen LogP contribution in [0.2, 0.25) is 0 Å². The quantitative estimate of drug-likeness (QED) is 0.787. The van der Waals surface area contributed by atoms with Crippen LogP contribution < -0.4 is 5.32 Å². The van der Waals surface area contributed by atoms with Gasteiger partial charge in [-0.05, 0) is 32.9 Å². The SMILES string of the molecule is Cc1nc(CN[C@@H](C)c2nnc3ccccn23)oc1C. The standard InChI is InChI=1S/C14H17N5O/c1-9-11(3)20-13(16-9)8-15-10(2)14-18-17-12-6-4-5-7-19(12)14/h4-7,10,15H,8H2,1-3H3/t10-/m0/s1. The first-order valence-corrected chi connectivity index (χ1v) is 6.61. The fourth-order valence-electron chi connectivity index (χ4n) is 2.10. The van der Waals surface area contributed by atoms with Gasteiger partial charge in [-0.3, -0.25) is 9.72 Å². The van der Waals surface area contributed by atoms with E-state index in [0.29, 0.717) is 12.4 Å². The van der Waals surface area contributed by atoms with Crippen LogP contribution in [0.15, 0.2) is 28.8 Å². The Hall–Kier alpha value is -2.21. The molecule has 3 aromatic rings. The summed E-state index contributed by atoms with van der Waals surface area (Å²) in [5.41, 5.74) is 1.78. The number of nitrogens with one attached hydrogen (secondary N) is 1. The number of aromatic nitrogens is 4. The summed E-state index contributed by atoms with van der Waals surface area (Å²) in [4.78, 5) is 4.35. The van der Waals surface area contributed by atoms with Gasteiger partial charge in [-0.1, -0.05) is 6.07 Å². The van der Waals surface area contributed by atoms with E-state index < -0.39 is 0 Å². The molecule has 3 heterocycles. The molecule has 0 radical (unpaired) electrons. The number of fused-ring (bicyclic) bond motifs is 1. The molecule has 6 heteroatoms. The van der Waals surface area contributed by atoms with Crippen molar-refractivity contribution in [2.45, 2.75) is 33.4 Å². The maximum absolute atomic E-state index is 5.55.